The molecular formula is C16H16N2O5. The summed E-state index contributed by atoms with van der Waals surface area (Å²) >= 11 is 0. The number of nitrogens with zero attached hydrogens (tertiary/aromatic N) is 1. The second-order valence-corrected chi connectivity index (χ2v) is 6.02. The van der Waals surface area contributed by atoms with Gasteiger partial charge in [-0.15, -0.1) is 0 Å². The van der Waals surface area contributed by atoms with E-state index in [0.717, 1.165) is 10.5 Å². The number of carbonyl (C=O) groups is 4. The minimum atomic E-state index is -0.869. The Bertz CT molecular complexity index is 721. The third-order valence-corrected chi connectivity index (χ3v) is 4.28. The van der Waals surface area contributed by atoms with Gasteiger partial charge in [-0.1, -0.05) is 11.6 Å². The van der Waals surface area contributed by atoms with Crippen molar-refractivity contribution in [3.8, 4) is 0 Å². The number of hydrogen-bond acceptors (Lipinski definition) is 4. The Labute approximate surface area is 132 Å². The standard InChI is InChI=1S/C16H16N2O5/c1-8-2-3-11-12(4-8)15(21)18(14(11)20)7-13(19)17-10-5-9(6-10)16(22)23/h2-4,9-10H,5-7H2,1H3,(H,17,19)(H,22,23). The van der Waals surface area contributed by atoms with E-state index in [0.29, 0.717) is 24.0 Å². The fraction of sp³-hybridized carbons (Fsp3) is 0.375. The maximum absolute atomic E-state index is 12.3. The number of amides is 3. The summed E-state index contributed by atoms with van der Waals surface area (Å²) in [5.74, 6) is -2.70. The van der Waals surface area contributed by atoms with Crippen LogP contribution in [0.1, 0.15) is 39.1 Å². The molecule has 120 valence electrons. The van der Waals surface area contributed by atoms with Gasteiger partial charge >= 0.3 is 5.97 Å². The Hall–Kier alpha value is -2.70. The van der Waals surface area contributed by atoms with Crippen molar-refractivity contribution in [2.75, 3.05) is 6.54 Å². The van der Waals surface area contributed by atoms with Crippen LogP contribution in [0.4, 0.5) is 0 Å². The molecule has 3 rings (SSSR count). The van der Waals surface area contributed by atoms with Crippen LogP contribution in [-0.4, -0.2) is 46.3 Å². The van der Waals surface area contributed by atoms with Gasteiger partial charge in [-0.3, -0.25) is 24.1 Å². The fourth-order valence-electron chi connectivity index (χ4n) is 2.90. The normalized spacial score (nSPS) is 22.6. The largest absolute Gasteiger partial charge is 0.481 e. The van der Waals surface area contributed by atoms with Gasteiger partial charge in [0.1, 0.15) is 6.54 Å². The van der Waals surface area contributed by atoms with Crippen molar-refractivity contribution in [1.29, 1.82) is 0 Å². The molecule has 0 atom stereocenters. The molecule has 1 aromatic carbocycles. The van der Waals surface area contributed by atoms with E-state index in [-0.39, 0.29) is 12.6 Å². The van der Waals surface area contributed by atoms with Gasteiger partial charge in [-0.05, 0) is 31.9 Å². The third-order valence-electron chi connectivity index (χ3n) is 4.28. The van der Waals surface area contributed by atoms with Gasteiger partial charge in [0.25, 0.3) is 11.8 Å². The summed E-state index contributed by atoms with van der Waals surface area (Å²) < 4.78 is 0. The Morgan fingerprint density at radius 1 is 1.22 bits per heavy atom. The number of rotatable bonds is 4. The van der Waals surface area contributed by atoms with Crippen LogP contribution in [0.5, 0.6) is 0 Å². The van der Waals surface area contributed by atoms with E-state index < -0.39 is 29.6 Å². The predicted octanol–water partition coefficient (Wildman–Crippen LogP) is 0.570. The molecule has 7 nitrogen and oxygen atoms in total. The van der Waals surface area contributed by atoms with Crippen molar-refractivity contribution >= 4 is 23.7 Å². The van der Waals surface area contributed by atoms with Crippen molar-refractivity contribution in [2.24, 2.45) is 5.92 Å². The molecule has 1 aromatic rings. The summed E-state index contributed by atoms with van der Waals surface area (Å²) in [5.41, 5.74) is 1.49. The first kappa shape index (κ1) is 15.2. The zero-order valence-electron chi connectivity index (χ0n) is 12.5. The summed E-state index contributed by atoms with van der Waals surface area (Å²) in [6.45, 7) is 1.47. The van der Waals surface area contributed by atoms with E-state index in [1.807, 2.05) is 6.92 Å². The Morgan fingerprint density at radius 2 is 1.87 bits per heavy atom. The van der Waals surface area contributed by atoms with Crippen molar-refractivity contribution in [3.63, 3.8) is 0 Å². The van der Waals surface area contributed by atoms with Crippen LogP contribution in [0.3, 0.4) is 0 Å². The van der Waals surface area contributed by atoms with E-state index in [4.69, 9.17) is 5.11 Å². The lowest BCUT2D eigenvalue weighted by Gasteiger charge is -2.33. The minimum Gasteiger partial charge on any atom is -0.481 e. The molecule has 2 N–H and O–H groups in total. The summed E-state index contributed by atoms with van der Waals surface area (Å²) in [6.07, 6.45) is 0.755. The molecule has 2 aliphatic rings. The number of imide groups is 1. The van der Waals surface area contributed by atoms with Gasteiger partial charge in [0.2, 0.25) is 5.91 Å². The summed E-state index contributed by atoms with van der Waals surface area (Å²) in [5, 5.41) is 11.5. The second kappa shape index (κ2) is 5.49. The maximum atomic E-state index is 12.3. The first-order valence-electron chi connectivity index (χ1n) is 7.36. The number of carboxylic acids is 1. The average molecular weight is 316 g/mol. The smallest absolute Gasteiger partial charge is 0.306 e. The van der Waals surface area contributed by atoms with E-state index in [1.165, 1.54) is 0 Å². The van der Waals surface area contributed by atoms with Gasteiger partial charge < -0.3 is 10.4 Å². The molecular weight excluding hydrogens is 300 g/mol. The topological polar surface area (TPSA) is 104 Å². The van der Waals surface area contributed by atoms with E-state index in [1.54, 1.807) is 18.2 Å². The minimum absolute atomic E-state index is 0.207. The molecule has 1 heterocycles. The molecule has 0 radical (unpaired) electrons. The maximum Gasteiger partial charge on any atom is 0.306 e. The Balaban J connectivity index is 1.61. The monoisotopic (exact) mass is 316 g/mol. The highest BCUT2D eigenvalue weighted by Gasteiger charge is 2.39. The van der Waals surface area contributed by atoms with E-state index in [9.17, 15) is 19.2 Å². The zero-order valence-corrected chi connectivity index (χ0v) is 12.5. The van der Waals surface area contributed by atoms with Crippen LogP contribution in [0.15, 0.2) is 18.2 Å². The third kappa shape index (κ3) is 2.69. The number of hydrogen-bond donors (Lipinski definition) is 2. The first-order valence-corrected chi connectivity index (χ1v) is 7.36. The van der Waals surface area contributed by atoms with Crippen LogP contribution in [0, 0.1) is 12.8 Å². The molecule has 0 spiro atoms. The predicted molar refractivity (Wildman–Crippen MR) is 78.8 cm³/mol. The van der Waals surface area contributed by atoms with Crippen LogP contribution in [0.2, 0.25) is 0 Å². The molecule has 0 aromatic heterocycles. The lowest BCUT2D eigenvalue weighted by molar-refractivity contribution is -0.146. The summed E-state index contributed by atoms with van der Waals surface area (Å²) in [6, 6.07) is 4.76. The van der Waals surface area contributed by atoms with Crippen molar-refractivity contribution in [1.82, 2.24) is 10.2 Å². The lowest BCUT2D eigenvalue weighted by atomic mass is 9.80. The molecule has 1 aliphatic carbocycles. The Morgan fingerprint density at radius 3 is 2.52 bits per heavy atom. The average Bonchev–Trinajstić information content (AvgIpc) is 2.67. The van der Waals surface area contributed by atoms with Gasteiger partial charge in [-0.25, -0.2) is 0 Å². The highest BCUT2D eigenvalue weighted by Crippen LogP contribution is 2.28. The van der Waals surface area contributed by atoms with Gasteiger partial charge in [0.05, 0.1) is 17.0 Å². The Kier molecular flexibility index (Phi) is 3.63. The molecule has 0 unspecified atom stereocenters. The number of carbonyl (C=O) groups excluding carboxylic acids is 3. The van der Waals surface area contributed by atoms with Crippen molar-refractivity contribution < 1.29 is 24.3 Å². The van der Waals surface area contributed by atoms with E-state index in [2.05, 4.69) is 5.32 Å². The zero-order chi connectivity index (χ0) is 16.7. The molecule has 1 fully saturated rings. The van der Waals surface area contributed by atoms with Crippen molar-refractivity contribution in [2.45, 2.75) is 25.8 Å². The second-order valence-electron chi connectivity index (χ2n) is 6.02. The van der Waals surface area contributed by atoms with Crippen LogP contribution < -0.4 is 5.32 Å². The van der Waals surface area contributed by atoms with Gasteiger partial charge in [0.15, 0.2) is 0 Å². The number of carboxylic acid groups (broad SMARTS) is 1. The van der Waals surface area contributed by atoms with Crippen LogP contribution >= 0.6 is 0 Å². The van der Waals surface area contributed by atoms with Gasteiger partial charge in [-0.2, -0.15) is 0 Å². The number of nitrogens with one attached hydrogen (secondary N) is 1. The molecule has 1 aliphatic heterocycles. The summed E-state index contributed by atoms with van der Waals surface area (Å²) in [4.78, 5) is 48.1. The molecule has 3 amide bonds. The summed E-state index contributed by atoms with van der Waals surface area (Å²) in [7, 11) is 0. The fourth-order valence-corrected chi connectivity index (χ4v) is 2.90. The number of fused-ring (bicyclic) bond motifs is 1. The van der Waals surface area contributed by atoms with Gasteiger partial charge in [0, 0.05) is 6.04 Å². The molecule has 7 heteroatoms. The lowest BCUT2D eigenvalue weighted by Crippen LogP contribution is -2.50. The molecule has 23 heavy (non-hydrogen) atoms. The number of benzene rings is 1. The van der Waals surface area contributed by atoms with E-state index >= 15 is 0 Å². The first-order chi connectivity index (χ1) is 10.9. The van der Waals surface area contributed by atoms with Crippen LogP contribution in [-0.2, 0) is 9.59 Å². The van der Waals surface area contributed by atoms with Crippen LogP contribution in [0.25, 0.3) is 0 Å². The van der Waals surface area contributed by atoms with Crippen molar-refractivity contribution in [3.05, 3.63) is 34.9 Å². The number of aliphatic carboxylic acids is 1. The molecule has 0 bridgehead atoms. The SMILES string of the molecule is Cc1ccc2c(c1)C(=O)N(CC(=O)NC1CC(C(=O)O)C1)C2=O. The highest BCUT2D eigenvalue weighted by atomic mass is 16.4. The molecule has 1 saturated carbocycles. The highest BCUT2D eigenvalue weighted by molar-refractivity contribution is 6.22. The quantitative estimate of drug-likeness (QED) is 0.790. The number of aryl methyl sites for hydroxylation is 1. The molecule has 0 saturated heterocycles.